The van der Waals surface area contributed by atoms with Gasteiger partial charge in [0.1, 0.15) is 5.82 Å². The molecule has 8 heteroatoms. The minimum atomic E-state index is -0.858. The number of aromatic nitrogens is 2. The average Bonchev–Trinajstić information content (AvgIpc) is 3.29. The van der Waals surface area contributed by atoms with Crippen molar-refractivity contribution in [1.29, 1.82) is 0 Å². The molecule has 1 aromatic carbocycles. The summed E-state index contributed by atoms with van der Waals surface area (Å²) in [4.78, 5) is 44.6. The lowest BCUT2D eigenvalue weighted by molar-refractivity contribution is -0.149. The number of aliphatic carboxylic acids is 1. The summed E-state index contributed by atoms with van der Waals surface area (Å²) >= 11 is 0. The number of allylic oxidation sites excluding steroid dienone is 1. The molecule has 5 unspecified atom stereocenters. The fourth-order valence-corrected chi connectivity index (χ4v) is 6.23. The van der Waals surface area contributed by atoms with Crippen molar-refractivity contribution in [2.45, 2.75) is 59.3 Å². The number of benzene rings is 1. The Morgan fingerprint density at radius 2 is 1.92 bits per heavy atom. The number of rotatable bonds is 8. The maximum Gasteiger partial charge on any atom is 0.337 e. The van der Waals surface area contributed by atoms with Crippen molar-refractivity contribution in [1.82, 2.24) is 15.3 Å². The van der Waals surface area contributed by atoms with Crippen LogP contribution in [-0.4, -0.2) is 46.6 Å². The van der Waals surface area contributed by atoms with Gasteiger partial charge in [0.2, 0.25) is 5.91 Å². The number of H-pyrrole nitrogens is 1. The van der Waals surface area contributed by atoms with Gasteiger partial charge in [0.25, 0.3) is 0 Å². The molecule has 1 fully saturated rings. The van der Waals surface area contributed by atoms with Crippen molar-refractivity contribution < 1.29 is 24.2 Å². The number of carbonyl (C=O) groups is 3. The van der Waals surface area contributed by atoms with E-state index in [0.29, 0.717) is 42.7 Å². The first kappa shape index (κ1) is 26.9. The van der Waals surface area contributed by atoms with Crippen molar-refractivity contribution >= 4 is 28.9 Å². The second-order valence-electron chi connectivity index (χ2n) is 11.1. The number of imidazole rings is 1. The molecular weight excluding hydrogens is 470 g/mol. The highest BCUT2D eigenvalue weighted by molar-refractivity contribution is 5.93. The highest BCUT2D eigenvalue weighted by Crippen LogP contribution is 2.39. The van der Waals surface area contributed by atoms with Gasteiger partial charge >= 0.3 is 11.9 Å². The summed E-state index contributed by atoms with van der Waals surface area (Å²) in [6, 6.07) is 5.34. The van der Waals surface area contributed by atoms with Crippen LogP contribution < -0.4 is 5.32 Å². The van der Waals surface area contributed by atoms with Crippen LogP contribution in [0.25, 0.3) is 11.0 Å². The van der Waals surface area contributed by atoms with Crippen molar-refractivity contribution in [2.24, 2.45) is 35.5 Å². The standard InChI is InChI=1S/C29H39N3O5/c1-16(2)23-12-19(14-26-31-24-10-9-18(29(36)37-4)13-25(24)32-26)17(3)11-20(23)15-30-27(33)21-7-5-6-8-22(21)28(34)35/h9-11,13,16,19-23H,5-8,12,14-15H2,1-4H3,(H,30,33)(H,31,32)(H,34,35). The molecule has 1 saturated carbocycles. The van der Waals surface area contributed by atoms with E-state index in [1.807, 2.05) is 6.07 Å². The normalized spacial score (nSPS) is 26.1. The molecule has 2 aliphatic carbocycles. The van der Waals surface area contributed by atoms with Crippen LogP contribution in [0.3, 0.4) is 0 Å². The number of methoxy groups -OCH3 is 1. The van der Waals surface area contributed by atoms with E-state index in [1.54, 1.807) is 12.1 Å². The van der Waals surface area contributed by atoms with Crippen molar-refractivity contribution in [3.8, 4) is 0 Å². The highest BCUT2D eigenvalue weighted by Gasteiger charge is 2.37. The lowest BCUT2D eigenvalue weighted by Crippen LogP contribution is -2.43. The van der Waals surface area contributed by atoms with Crippen LogP contribution in [-0.2, 0) is 20.7 Å². The monoisotopic (exact) mass is 509 g/mol. The van der Waals surface area contributed by atoms with E-state index >= 15 is 0 Å². The summed E-state index contributed by atoms with van der Waals surface area (Å²) in [5.74, 6) is -0.0858. The molecule has 37 heavy (non-hydrogen) atoms. The molecule has 8 nitrogen and oxygen atoms in total. The number of ether oxygens (including phenoxy) is 1. The number of nitrogens with one attached hydrogen (secondary N) is 2. The van der Waals surface area contributed by atoms with Crippen LogP contribution in [0.1, 0.15) is 69.1 Å². The lowest BCUT2D eigenvalue weighted by atomic mass is 9.69. The highest BCUT2D eigenvalue weighted by atomic mass is 16.5. The Morgan fingerprint density at radius 1 is 1.19 bits per heavy atom. The molecule has 1 heterocycles. The molecule has 1 amide bonds. The predicted octanol–water partition coefficient (Wildman–Crippen LogP) is 4.75. The molecule has 0 spiro atoms. The molecular formula is C29H39N3O5. The summed E-state index contributed by atoms with van der Waals surface area (Å²) < 4.78 is 4.82. The smallest absolute Gasteiger partial charge is 0.337 e. The van der Waals surface area contributed by atoms with Gasteiger partial charge in [-0.15, -0.1) is 0 Å². The molecule has 0 radical (unpaired) electrons. The van der Waals surface area contributed by atoms with Crippen LogP contribution in [0.15, 0.2) is 29.8 Å². The molecule has 1 aromatic heterocycles. The maximum atomic E-state index is 13.0. The number of aromatic amines is 1. The number of carboxylic acid groups (broad SMARTS) is 1. The van der Waals surface area contributed by atoms with E-state index in [9.17, 15) is 19.5 Å². The zero-order valence-electron chi connectivity index (χ0n) is 22.3. The van der Waals surface area contributed by atoms with Crippen molar-refractivity contribution in [3.63, 3.8) is 0 Å². The van der Waals surface area contributed by atoms with E-state index in [0.717, 1.165) is 42.5 Å². The quantitative estimate of drug-likeness (QED) is 0.349. The van der Waals surface area contributed by atoms with Crippen LogP contribution in [0.5, 0.6) is 0 Å². The third kappa shape index (κ3) is 6.05. The number of hydrogen-bond acceptors (Lipinski definition) is 5. The topological polar surface area (TPSA) is 121 Å². The fraction of sp³-hybridized carbons (Fsp3) is 0.586. The third-order valence-electron chi connectivity index (χ3n) is 8.41. The average molecular weight is 510 g/mol. The van der Waals surface area contributed by atoms with Crippen LogP contribution >= 0.6 is 0 Å². The Balaban J connectivity index is 1.44. The Kier molecular flexibility index (Phi) is 8.35. The van der Waals surface area contributed by atoms with Crippen LogP contribution in [0.4, 0.5) is 0 Å². The lowest BCUT2D eigenvalue weighted by Gasteiger charge is -2.37. The second kappa shape index (κ2) is 11.5. The van der Waals surface area contributed by atoms with Gasteiger partial charge < -0.3 is 20.1 Å². The number of carboxylic acids is 1. The minimum absolute atomic E-state index is 0.114. The summed E-state index contributed by atoms with van der Waals surface area (Å²) in [5.41, 5.74) is 3.42. The van der Waals surface area contributed by atoms with E-state index < -0.39 is 17.8 Å². The van der Waals surface area contributed by atoms with Crippen molar-refractivity contribution in [3.05, 3.63) is 41.2 Å². The molecule has 2 aliphatic rings. The van der Waals surface area contributed by atoms with Gasteiger partial charge in [-0.25, -0.2) is 9.78 Å². The maximum absolute atomic E-state index is 13.0. The zero-order valence-corrected chi connectivity index (χ0v) is 22.3. The predicted molar refractivity (Wildman–Crippen MR) is 141 cm³/mol. The number of esters is 1. The molecule has 0 saturated heterocycles. The van der Waals surface area contributed by atoms with Gasteiger partial charge in [0.05, 0.1) is 35.5 Å². The Hall–Kier alpha value is -3.16. The molecule has 200 valence electrons. The third-order valence-corrected chi connectivity index (χ3v) is 8.41. The van der Waals surface area contributed by atoms with Crippen molar-refractivity contribution in [2.75, 3.05) is 13.7 Å². The number of fused-ring (bicyclic) bond motifs is 1. The second-order valence-corrected chi connectivity index (χ2v) is 11.1. The van der Waals surface area contributed by atoms with E-state index in [4.69, 9.17) is 9.72 Å². The molecule has 5 atom stereocenters. The van der Waals surface area contributed by atoms with Gasteiger partial charge in [-0.3, -0.25) is 9.59 Å². The first-order valence-electron chi connectivity index (χ1n) is 13.4. The summed E-state index contributed by atoms with van der Waals surface area (Å²) in [7, 11) is 1.37. The zero-order chi connectivity index (χ0) is 26.7. The Morgan fingerprint density at radius 3 is 2.59 bits per heavy atom. The SMILES string of the molecule is COC(=O)c1ccc2nc(CC3CC(C(C)C)C(CNC(=O)C4CCCCC4C(=O)O)C=C3C)[nH]c2c1. The van der Waals surface area contributed by atoms with Crippen LogP contribution in [0.2, 0.25) is 0 Å². The number of amides is 1. The van der Waals surface area contributed by atoms with E-state index in [2.05, 4.69) is 37.1 Å². The molecule has 0 bridgehead atoms. The first-order chi connectivity index (χ1) is 17.7. The summed E-state index contributed by atoms with van der Waals surface area (Å²) in [5, 5.41) is 12.7. The van der Waals surface area contributed by atoms with Gasteiger partial charge in [-0.05, 0) is 68.1 Å². The molecule has 3 N–H and O–H groups in total. The van der Waals surface area contributed by atoms with E-state index in [-0.39, 0.29) is 17.8 Å². The molecule has 2 aromatic rings. The number of nitrogens with zero attached hydrogens (tertiary/aromatic N) is 1. The first-order valence-corrected chi connectivity index (χ1v) is 13.4. The fourth-order valence-electron chi connectivity index (χ4n) is 6.23. The van der Waals surface area contributed by atoms with Gasteiger partial charge in [0.15, 0.2) is 0 Å². The molecule has 4 rings (SSSR count). The number of hydrogen-bond donors (Lipinski definition) is 3. The Labute approximate surface area is 218 Å². The van der Waals surface area contributed by atoms with Gasteiger partial charge in [0, 0.05) is 13.0 Å². The largest absolute Gasteiger partial charge is 0.481 e. The van der Waals surface area contributed by atoms with Crippen LogP contribution in [0, 0.1) is 35.5 Å². The summed E-state index contributed by atoms with van der Waals surface area (Å²) in [6.45, 7) is 7.13. The van der Waals surface area contributed by atoms with E-state index in [1.165, 1.54) is 12.7 Å². The number of carbonyl (C=O) groups excluding carboxylic acids is 2. The van der Waals surface area contributed by atoms with Gasteiger partial charge in [-0.2, -0.15) is 0 Å². The minimum Gasteiger partial charge on any atom is -0.481 e. The summed E-state index contributed by atoms with van der Waals surface area (Å²) in [6.07, 6.45) is 7.08. The van der Waals surface area contributed by atoms with Gasteiger partial charge in [-0.1, -0.05) is 38.3 Å². The molecule has 0 aliphatic heterocycles. The Bertz CT molecular complexity index is 1180.